The second-order valence-electron chi connectivity index (χ2n) is 7.34. The smallest absolute Gasteiger partial charge is 0.226 e. The molecule has 1 aliphatic rings. The fourth-order valence-electron chi connectivity index (χ4n) is 2.71. The SMILES string of the molecule is CC(C)CC(=O)Nc1nc2c(s1)CC(C(C)(C)C)CC2. The first-order valence-corrected chi connectivity index (χ1v) is 8.35. The van der Waals surface area contributed by atoms with Crippen LogP contribution in [0.5, 0.6) is 0 Å². The first-order chi connectivity index (χ1) is 9.25. The number of hydrogen-bond acceptors (Lipinski definition) is 3. The Balaban J connectivity index is 2.04. The molecule has 0 bridgehead atoms. The first kappa shape index (κ1) is 15.5. The highest BCUT2D eigenvalue weighted by atomic mass is 32.1. The van der Waals surface area contributed by atoms with Gasteiger partial charge in [-0.3, -0.25) is 4.79 Å². The summed E-state index contributed by atoms with van der Waals surface area (Å²) < 4.78 is 0. The van der Waals surface area contributed by atoms with E-state index in [1.165, 1.54) is 17.0 Å². The van der Waals surface area contributed by atoms with Gasteiger partial charge < -0.3 is 5.32 Å². The molecule has 1 unspecified atom stereocenters. The zero-order valence-corrected chi connectivity index (χ0v) is 14.1. The lowest BCUT2D eigenvalue weighted by atomic mass is 9.73. The van der Waals surface area contributed by atoms with Gasteiger partial charge in [0.25, 0.3) is 0 Å². The molecule has 4 heteroatoms. The first-order valence-electron chi connectivity index (χ1n) is 7.54. The number of rotatable bonds is 3. The largest absolute Gasteiger partial charge is 0.302 e. The van der Waals surface area contributed by atoms with Gasteiger partial charge in [0.1, 0.15) is 0 Å². The normalized spacial score (nSPS) is 19.0. The van der Waals surface area contributed by atoms with Gasteiger partial charge in [-0.25, -0.2) is 4.98 Å². The Morgan fingerprint density at radius 2 is 2.15 bits per heavy atom. The Bertz CT molecular complexity index is 485. The topological polar surface area (TPSA) is 42.0 Å². The van der Waals surface area contributed by atoms with E-state index in [2.05, 4.69) is 44.9 Å². The molecule has 0 saturated carbocycles. The van der Waals surface area contributed by atoms with Crippen LogP contribution in [0.4, 0.5) is 5.13 Å². The minimum absolute atomic E-state index is 0.0819. The maximum absolute atomic E-state index is 11.8. The van der Waals surface area contributed by atoms with Crippen molar-refractivity contribution in [2.24, 2.45) is 17.3 Å². The number of thiazole rings is 1. The Hall–Kier alpha value is -0.900. The number of aryl methyl sites for hydroxylation is 1. The molecule has 112 valence electrons. The lowest BCUT2D eigenvalue weighted by molar-refractivity contribution is -0.116. The third-order valence-electron chi connectivity index (χ3n) is 4.00. The number of carbonyl (C=O) groups is 1. The molecule has 2 rings (SSSR count). The van der Waals surface area contributed by atoms with Gasteiger partial charge in [-0.1, -0.05) is 34.6 Å². The molecule has 1 aromatic rings. The van der Waals surface area contributed by atoms with Crippen molar-refractivity contribution in [3.63, 3.8) is 0 Å². The molecule has 0 spiro atoms. The van der Waals surface area contributed by atoms with Gasteiger partial charge in [0, 0.05) is 11.3 Å². The monoisotopic (exact) mass is 294 g/mol. The lowest BCUT2D eigenvalue weighted by Crippen LogP contribution is -2.26. The summed E-state index contributed by atoms with van der Waals surface area (Å²) in [7, 11) is 0. The average molecular weight is 294 g/mol. The number of hydrogen-bond donors (Lipinski definition) is 1. The van der Waals surface area contributed by atoms with Crippen LogP contribution >= 0.6 is 11.3 Å². The second kappa shape index (κ2) is 5.84. The van der Waals surface area contributed by atoms with Crippen LogP contribution in [0, 0.1) is 17.3 Å². The molecule has 1 aromatic heterocycles. The van der Waals surface area contributed by atoms with Crippen molar-refractivity contribution in [1.82, 2.24) is 4.98 Å². The summed E-state index contributed by atoms with van der Waals surface area (Å²) in [6.45, 7) is 11.1. The highest BCUT2D eigenvalue weighted by molar-refractivity contribution is 7.15. The summed E-state index contributed by atoms with van der Waals surface area (Å²) in [4.78, 5) is 17.8. The van der Waals surface area contributed by atoms with Crippen LogP contribution in [0.15, 0.2) is 0 Å². The van der Waals surface area contributed by atoms with Gasteiger partial charge in [0.2, 0.25) is 5.91 Å². The highest BCUT2D eigenvalue weighted by Gasteiger charge is 2.30. The van der Waals surface area contributed by atoms with Crippen molar-refractivity contribution >= 4 is 22.4 Å². The van der Waals surface area contributed by atoms with E-state index in [4.69, 9.17) is 0 Å². The van der Waals surface area contributed by atoms with E-state index in [9.17, 15) is 4.79 Å². The van der Waals surface area contributed by atoms with Crippen LogP contribution in [0.2, 0.25) is 0 Å². The molecule has 20 heavy (non-hydrogen) atoms. The van der Waals surface area contributed by atoms with Crippen molar-refractivity contribution in [3.05, 3.63) is 10.6 Å². The van der Waals surface area contributed by atoms with E-state index in [0.717, 1.165) is 23.9 Å². The summed E-state index contributed by atoms with van der Waals surface area (Å²) in [5.74, 6) is 1.18. The molecule has 0 radical (unpaired) electrons. The zero-order valence-electron chi connectivity index (χ0n) is 13.2. The molecule has 1 atom stereocenters. The lowest BCUT2D eigenvalue weighted by Gasteiger charge is -2.33. The molecule has 1 amide bonds. The van der Waals surface area contributed by atoms with Crippen LogP contribution in [-0.4, -0.2) is 10.9 Å². The summed E-state index contributed by atoms with van der Waals surface area (Å²) in [5, 5.41) is 3.74. The summed E-state index contributed by atoms with van der Waals surface area (Å²) >= 11 is 1.67. The Morgan fingerprint density at radius 1 is 1.45 bits per heavy atom. The predicted octanol–water partition coefficient (Wildman–Crippen LogP) is 4.28. The zero-order chi connectivity index (χ0) is 14.9. The highest BCUT2D eigenvalue weighted by Crippen LogP contribution is 2.40. The molecule has 0 aromatic carbocycles. The van der Waals surface area contributed by atoms with Crippen molar-refractivity contribution in [2.45, 2.75) is 60.3 Å². The maximum atomic E-state index is 11.8. The number of nitrogens with zero attached hydrogens (tertiary/aromatic N) is 1. The minimum Gasteiger partial charge on any atom is -0.302 e. The number of fused-ring (bicyclic) bond motifs is 1. The number of carbonyl (C=O) groups excluding carboxylic acids is 1. The van der Waals surface area contributed by atoms with Gasteiger partial charge in [-0.2, -0.15) is 0 Å². The molecule has 0 fully saturated rings. The third kappa shape index (κ3) is 3.81. The van der Waals surface area contributed by atoms with E-state index in [-0.39, 0.29) is 5.91 Å². The van der Waals surface area contributed by atoms with Crippen LogP contribution in [0.25, 0.3) is 0 Å². The van der Waals surface area contributed by atoms with Crippen molar-refractivity contribution < 1.29 is 4.79 Å². The standard InChI is InChI=1S/C16H26N2OS/c1-10(2)8-14(19)18-15-17-12-7-6-11(16(3,4)5)9-13(12)20-15/h10-11H,6-9H2,1-5H3,(H,17,18,19). The number of amides is 1. The molecule has 1 heterocycles. The Morgan fingerprint density at radius 3 is 2.75 bits per heavy atom. The van der Waals surface area contributed by atoms with E-state index < -0.39 is 0 Å². The second-order valence-corrected chi connectivity index (χ2v) is 8.42. The fourth-order valence-corrected chi connectivity index (χ4v) is 3.81. The summed E-state index contributed by atoms with van der Waals surface area (Å²) in [5.41, 5.74) is 1.55. The van der Waals surface area contributed by atoms with Crippen LogP contribution in [0.1, 0.15) is 58.0 Å². The average Bonchev–Trinajstić information content (AvgIpc) is 2.66. The predicted molar refractivity (Wildman–Crippen MR) is 85.2 cm³/mol. The Kier molecular flexibility index (Phi) is 4.52. The van der Waals surface area contributed by atoms with Gasteiger partial charge >= 0.3 is 0 Å². The molecular weight excluding hydrogens is 268 g/mol. The third-order valence-corrected chi connectivity index (χ3v) is 5.04. The van der Waals surface area contributed by atoms with Crippen LogP contribution in [-0.2, 0) is 17.6 Å². The van der Waals surface area contributed by atoms with Gasteiger partial charge in [-0.05, 0) is 36.5 Å². The van der Waals surface area contributed by atoms with Crippen molar-refractivity contribution in [1.29, 1.82) is 0 Å². The van der Waals surface area contributed by atoms with Crippen LogP contribution in [0.3, 0.4) is 0 Å². The van der Waals surface area contributed by atoms with Crippen molar-refractivity contribution in [3.8, 4) is 0 Å². The van der Waals surface area contributed by atoms with E-state index in [1.54, 1.807) is 11.3 Å². The fraction of sp³-hybridized carbons (Fsp3) is 0.750. The van der Waals surface area contributed by atoms with Gasteiger partial charge in [-0.15, -0.1) is 11.3 Å². The molecule has 0 saturated heterocycles. The molecule has 1 N–H and O–H groups in total. The number of anilines is 1. The number of nitrogens with one attached hydrogen (secondary N) is 1. The Labute approximate surface area is 126 Å². The van der Waals surface area contributed by atoms with E-state index in [0.29, 0.717) is 17.8 Å². The summed E-state index contributed by atoms with van der Waals surface area (Å²) in [6.07, 6.45) is 3.93. The minimum atomic E-state index is 0.0819. The van der Waals surface area contributed by atoms with Gasteiger partial charge in [0.15, 0.2) is 5.13 Å². The maximum Gasteiger partial charge on any atom is 0.226 e. The molecule has 1 aliphatic carbocycles. The van der Waals surface area contributed by atoms with E-state index in [1.807, 2.05) is 0 Å². The summed E-state index contributed by atoms with van der Waals surface area (Å²) in [6, 6.07) is 0. The van der Waals surface area contributed by atoms with Gasteiger partial charge in [0.05, 0.1) is 5.69 Å². The molecular formula is C16H26N2OS. The quantitative estimate of drug-likeness (QED) is 0.904. The van der Waals surface area contributed by atoms with Crippen LogP contribution < -0.4 is 5.32 Å². The number of aromatic nitrogens is 1. The molecule has 3 nitrogen and oxygen atoms in total. The molecule has 0 aliphatic heterocycles. The van der Waals surface area contributed by atoms with Crippen molar-refractivity contribution in [2.75, 3.05) is 5.32 Å². The van der Waals surface area contributed by atoms with E-state index >= 15 is 0 Å².